The van der Waals surface area contributed by atoms with Crippen molar-refractivity contribution in [1.82, 2.24) is 4.98 Å². The zero-order valence-corrected chi connectivity index (χ0v) is 10.4. The van der Waals surface area contributed by atoms with E-state index in [1.165, 1.54) is 0 Å². The Morgan fingerprint density at radius 3 is 2.67 bits per heavy atom. The van der Waals surface area contributed by atoms with Crippen LogP contribution >= 0.6 is 0 Å². The van der Waals surface area contributed by atoms with Crippen molar-refractivity contribution in [3.63, 3.8) is 0 Å². The van der Waals surface area contributed by atoms with Gasteiger partial charge in [0.15, 0.2) is 0 Å². The van der Waals surface area contributed by atoms with Crippen LogP contribution in [-0.4, -0.2) is 11.0 Å². The van der Waals surface area contributed by atoms with E-state index in [0.29, 0.717) is 5.82 Å². The van der Waals surface area contributed by atoms with Crippen LogP contribution in [0, 0.1) is 13.8 Å². The third-order valence-electron chi connectivity index (χ3n) is 2.55. The van der Waals surface area contributed by atoms with Crippen LogP contribution in [0.4, 0.5) is 16.3 Å². The molecule has 92 valence electrons. The van der Waals surface area contributed by atoms with Gasteiger partial charge < -0.3 is 5.32 Å². The van der Waals surface area contributed by atoms with Gasteiger partial charge in [0, 0.05) is 11.9 Å². The molecule has 0 aliphatic rings. The summed E-state index contributed by atoms with van der Waals surface area (Å²) in [7, 11) is 0. The summed E-state index contributed by atoms with van der Waals surface area (Å²) in [5, 5.41) is 5.49. The number of carbonyl (C=O) groups excluding carboxylic acids is 1. The van der Waals surface area contributed by atoms with E-state index in [1.54, 1.807) is 18.3 Å². The summed E-state index contributed by atoms with van der Waals surface area (Å²) in [6.45, 7) is 3.94. The number of nitrogens with one attached hydrogen (secondary N) is 2. The lowest BCUT2D eigenvalue weighted by Gasteiger charge is -2.10. The first-order valence-electron chi connectivity index (χ1n) is 5.71. The van der Waals surface area contributed by atoms with Crippen molar-refractivity contribution >= 4 is 17.5 Å². The Bertz CT molecular complexity index is 552. The third-order valence-corrected chi connectivity index (χ3v) is 2.55. The van der Waals surface area contributed by atoms with Crippen LogP contribution in [0.25, 0.3) is 0 Å². The highest BCUT2D eigenvalue weighted by atomic mass is 16.2. The number of aryl methyl sites for hydroxylation is 2. The number of hydrogen-bond donors (Lipinski definition) is 2. The first-order chi connectivity index (χ1) is 8.65. The second-order valence-electron chi connectivity index (χ2n) is 4.11. The van der Waals surface area contributed by atoms with Gasteiger partial charge in [-0.05, 0) is 43.2 Å². The monoisotopic (exact) mass is 241 g/mol. The smallest absolute Gasteiger partial charge is 0.307 e. The van der Waals surface area contributed by atoms with E-state index < -0.39 is 0 Å². The topological polar surface area (TPSA) is 54.0 Å². The minimum atomic E-state index is -0.289. The molecule has 0 aliphatic carbocycles. The molecule has 18 heavy (non-hydrogen) atoms. The molecule has 4 nitrogen and oxygen atoms in total. The predicted molar refractivity (Wildman–Crippen MR) is 72.8 cm³/mol. The number of benzene rings is 1. The van der Waals surface area contributed by atoms with Gasteiger partial charge in [-0.25, -0.2) is 9.78 Å². The molecule has 0 saturated heterocycles. The Balaban J connectivity index is 2.05. The van der Waals surface area contributed by atoms with Crippen LogP contribution in [-0.2, 0) is 0 Å². The molecule has 2 rings (SSSR count). The van der Waals surface area contributed by atoms with E-state index in [-0.39, 0.29) is 6.03 Å². The van der Waals surface area contributed by atoms with Gasteiger partial charge >= 0.3 is 6.03 Å². The van der Waals surface area contributed by atoms with E-state index in [1.807, 2.05) is 38.1 Å². The standard InChI is InChI=1S/C14H15N3O/c1-10-6-7-11(2)12(9-10)16-14(18)17-13-5-3-4-8-15-13/h3-9H,1-2H3,(H2,15,16,17,18). The van der Waals surface area contributed by atoms with Crippen LogP contribution in [0.1, 0.15) is 11.1 Å². The highest BCUT2D eigenvalue weighted by molar-refractivity contribution is 5.99. The van der Waals surface area contributed by atoms with E-state index in [9.17, 15) is 4.79 Å². The summed E-state index contributed by atoms with van der Waals surface area (Å²) in [6.07, 6.45) is 1.63. The fourth-order valence-electron chi connectivity index (χ4n) is 1.58. The van der Waals surface area contributed by atoms with Gasteiger partial charge in [0.1, 0.15) is 5.82 Å². The van der Waals surface area contributed by atoms with E-state index in [2.05, 4.69) is 15.6 Å². The number of aromatic nitrogens is 1. The highest BCUT2D eigenvalue weighted by Gasteiger charge is 2.05. The van der Waals surface area contributed by atoms with Crippen molar-refractivity contribution in [2.75, 3.05) is 10.6 Å². The van der Waals surface area contributed by atoms with Gasteiger partial charge in [-0.15, -0.1) is 0 Å². The van der Waals surface area contributed by atoms with Crippen molar-refractivity contribution < 1.29 is 4.79 Å². The van der Waals surface area contributed by atoms with Gasteiger partial charge in [-0.1, -0.05) is 18.2 Å². The highest BCUT2D eigenvalue weighted by Crippen LogP contribution is 2.16. The average Bonchev–Trinajstić information content (AvgIpc) is 2.35. The second-order valence-corrected chi connectivity index (χ2v) is 4.11. The second kappa shape index (κ2) is 5.31. The van der Waals surface area contributed by atoms with Crippen LogP contribution < -0.4 is 10.6 Å². The maximum Gasteiger partial charge on any atom is 0.324 e. The summed E-state index contributed by atoms with van der Waals surface area (Å²) < 4.78 is 0. The Hall–Kier alpha value is -2.36. The zero-order chi connectivity index (χ0) is 13.0. The fraction of sp³-hybridized carbons (Fsp3) is 0.143. The summed E-state index contributed by atoms with van der Waals surface area (Å²) in [4.78, 5) is 15.8. The number of hydrogen-bond acceptors (Lipinski definition) is 2. The maximum atomic E-state index is 11.8. The SMILES string of the molecule is Cc1ccc(C)c(NC(=O)Nc2ccccn2)c1. The summed E-state index contributed by atoms with van der Waals surface area (Å²) in [6, 6.07) is 11.0. The molecule has 0 spiro atoms. The number of rotatable bonds is 2. The lowest BCUT2D eigenvalue weighted by molar-refractivity contribution is 0.262. The minimum Gasteiger partial charge on any atom is -0.307 e. The van der Waals surface area contributed by atoms with E-state index in [4.69, 9.17) is 0 Å². The van der Waals surface area contributed by atoms with Gasteiger partial charge in [-0.2, -0.15) is 0 Å². The predicted octanol–water partition coefficient (Wildman–Crippen LogP) is 3.34. The molecule has 0 atom stereocenters. The molecule has 1 heterocycles. The van der Waals surface area contributed by atoms with Crippen LogP contribution in [0.5, 0.6) is 0 Å². The van der Waals surface area contributed by atoms with Crippen molar-refractivity contribution in [1.29, 1.82) is 0 Å². The molecule has 1 aromatic heterocycles. The molecule has 0 radical (unpaired) electrons. The first kappa shape index (κ1) is 12.1. The number of pyridine rings is 1. The number of nitrogens with zero attached hydrogens (tertiary/aromatic N) is 1. The fourth-order valence-corrected chi connectivity index (χ4v) is 1.58. The Morgan fingerprint density at radius 2 is 1.94 bits per heavy atom. The van der Waals surface area contributed by atoms with Crippen LogP contribution in [0.15, 0.2) is 42.6 Å². The average molecular weight is 241 g/mol. The van der Waals surface area contributed by atoms with Crippen LogP contribution in [0.3, 0.4) is 0 Å². The molecule has 0 unspecified atom stereocenters. The summed E-state index contributed by atoms with van der Waals surface area (Å²) in [5.41, 5.74) is 2.94. The normalized spacial score (nSPS) is 9.89. The van der Waals surface area contributed by atoms with Crippen molar-refractivity contribution in [2.24, 2.45) is 0 Å². The largest absolute Gasteiger partial charge is 0.324 e. The number of urea groups is 1. The lowest BCUT2D eigenvalue weighted by Crippen LogP contribution is -2.20. The molecule has 0 fully saturated rings. The Labute approximate surface area is 106 Å². The Kier molecular flexibility index (Phi) is 3.57. The van der Waals surface area contributed by atoms with Crippen molar-refractivity contribution in [2.45, 2.75) is 13.8 Å². The number of anilines is 2. The minimum absolute atomic E-state index is 0.289. The third kappa shape index (κ3) is 3.07. The van der Waals surface area contributed by atoms with Crippen molar-refractivity contribution in [3.8, 4) is 0 Å². The van der Waals surface area contributed by atoms with Crippen molar-refractivity contribution in [3.05, 3.63) is 53.7 Å². The molecule has 2 amide bonds. The quantitative estimate of drug-likeness (QED) is 0.847. The maximum absolute atomic E-state index is 11.8. The number of carbonyl (C=O) groups is 1. The van der Waals surface area contributed by atoms with Crippen LogP contribution in [0.2, 0.25) is 0 Å². The summed E-state index contributed by atoms with van der Waals surface area (Å²) in [5.74, 6) is 0.528. The summed E-state index contributed by atoms with van der Waals surface area (Å²) >= 11 is 0. The molecule has 2 N–H and O–H groups in total. The Morgan fingerprint density at radius 1 is 1.11 bits per heavy atom. The van der Waals surface area contributed by atoms with E-state index in [0.717, 1.165) is 16.8 Å². The first-order valence-corrected chi connectivity index (χ1v) is 5.71. The molecule has 1 aromatic carbocycles. The van der Waals surface area contributed by atoms with E-state index >= 15 is 0 Å². The molecule has 0 bridgehead atoms. The molecular weight excluding hydrogens is 226 g/mol. The molecule has 2 aromatic rings. The molecule has 0 aliphatic heterocycles. The molecular formula is C14H15N3O. The van der Waals surface area contributed by atoms with Gasteiger partial charge in [0.25, 0.3) is 0 Å². The lowest BCUT2D eigenvalue weighted by atomic mass is 10.1. The molecule has 0 saturated carbocycles. The van der Waals surface area contributed by atoms with Gasteiger partial charge in [0.05, 0.1) is 0 Å². The number of amides is 2. The zero-order valence-electron chi connectivity index (χ0n) is 10.4. The van der Waals surface area contributed by atoms with Gasteiger partial charge in [-0.3, -0.25) is 5.32 Å². The molecule has 4 heteroatoms. The van der Waals surface area contributed by atoms with Gasteiger partial charge in [0.2, 0.25) is 0 Å².